The summed E-state index contributed by atoms with van der Waals surface area (Å²) in [5, 5.41) is 7.01. The maximum absolute atomic E-state index is 4.56. The summed E-state index contributed by atoms with van der Waals surface area (Å²) in [6.45, 7) is 6.94. The minimum Gasteiger partial charge on any atom is -0.352 e. The highest BCUT2D eigenvalue weighted by molar-refractivity contribution is 14.0. The summed E-state index contributed by atoms with van der Waals surface area (Å²) in [7, 11) is 1.82. The summed E-state index contributed by atoms with van der Waals surface area (Å²) < 4.78 is 1.97. The Kier molecular flexibility index (Phi) is 8.63. The molecular weight excluding hydrogens is 513 g/mol. The number of rotatable bonds is 6. The average molecular weight is 545 g/mol. The van der Waals surface area contributed by atoms with E-state index in [1.807, 2.05) is 37.0 Å². The molecule has 1 saturated heterocycles. The van der Waals surface area contributed by atoms with Gasteiger partial charge in [-0.05, 0) is 37.5 Å². The van der Waals surface area contributed by atoms with Crippen LogP contribution < -0.4 is 10.6 Å². The first kappa shape index (κ1) is 24.2. The molecule has 2 aromatic heterocycles. The van der Waals surface area contributed by atoms with Crippen molar-refractivity contribution in [2.24, 2.45) is 4.99 Å². The van der Waals surface area contributed by atoms with E-state index in [2.05, 4.69) is 73.8 Å². The molecule has 8 heteroatoms. The fraction of sp³-hybridized carbons (Fsp3) is 0.375. The van der Waals surface area contributed by atoms with E-state index in [1.54, 1.807) is 6.20 Å². The molecule has 0 aliphatic carbocycles. The topological polar surface area (TPSA) is 70.4 Å². The number of aromatic nitrogens is 3. The van der Waals surface area contributed by atoms with E-state index in [-0.39, 0.29) is 24.0 Å². The number of hydrogen-bond acceptors (Lipinski definition) is 4. The summed E-state index contributed by atoms with van der Waals surface area (Å²) in [6, 6.07) is 15.7. The van der Waals surface area contributed by atoms with Crippen LogP contribution in [0.3, 0.4) is 0 Å². The minimum absolute atomic E-state index is 0. The Bertz CT molecular complexity index is 1000. The molecule has 170 valence electrons. The minimum atomic E-state index is 0. The smallest absolute Gasteiger partial charge is 0.191 e. The second kappa shape index (κ2) is 11.4. The van der Waals surface area contributed by atoms with Crippen LogP contribution in [0.15, 0.2) is 66.0 Å². The van der Waals surface area contributed by atoms with Crippen molar-refractivity contribution in [3.63, 3.8) is 0 Å². The number of hydrogen-bond donors (Lipinski definition) is 2. The summed E-state index contributed by atoms with van der Waals surface area (Å²) in [4.78, 5) is 15.8. The lowest BCUT2D eigenvalue weighted by atomic mass is 10.2. The highest BCUT2D eigenvalue weighted by Crippen LogP contribution is 2.20. The van der Waals surface area contributed by atoms with Crippen LogP contribution in [0, 0.1) is 6.92 Å². The number of aliphatic imine (C=N–C) groups is 1. The summed E-state index contributed by atoms with van der Waals surface area (Å²) in [5.74, 6) is 2.63. The number of likely N-dealkylation sites (tertiary alicyclic amines) is 1. The van der Waals surface area contributed by atoms with E-state index in [9.17, 15) is 0 Å². The number of guanidine groups is 1. The molecule has 1 fully saturated rings. The van der Waals surface area contributed by atoms with Crippen LogP contribution in [0.1, 0.15) is 30.3 Å². The largest absolute Gasteiger partial charge is 0.352 e. The van der Waals surface area contributed by atoms with Gasteiger partial charge < -0.3 is 10.6 Å². The zero-order valence-corrected chi connectivity index (χ0v) is 21.2. The molecule has 3 heterocycles. The Balaban J connectivity index is 0.00000289. The number of benzene rings is 1. The molecule has 1 aliphatic rings. The van der Waals surface area contributed by atoms with Crippen LogP contribution in [0.5, 0.6) is 0 Å². The zero-order valence-electron chi connectivity index (χ0n) is 18.9. The van der Waals surface area contributed by atoms with Gasteiger partial charge in [0.1, 0.15) is 11.6 Å². The lowest BCUT2D eigenvalue weighted by Crippen LogP contribution is -2.44. The van der Waals surface area contributed by atoms with Gasteiger partial charge in [-0.15, -0.1) is 24.0 Å². The van der Waals surface area contributed by atoms with Crippen LogP contribution in [-0.4, -0.2) is 51.1 Å². The van der Waals surface area contributed by atoms with E-state index in [1.165, 1.54) is 5.56 Å². The predicted octanol–water partition coefficient (Wildman–Crippen LogP) is 3.52. The molecule has 4 rings (SSSR count). The molecule has 1 aromatic carbocycles. The Labute approximate surface area is 207 Å². The number of nitrogens with zero attached hydrogens (tertiary/aromatic N) is 5. The third kappa shape index (κ3) is 6.07. The summed E-state index contributed by atoms with van der Waals surface area (Å²) in [6.07, 6.45) is 6.71. The SMILES string of the molecule is CN=C(NCc1ccc(-n2ccnc2C)nc1)NC1CC(C)N(Cc2ccccc2)C1.I. The molecule has 2 unspecified atom stereocenters. The average Bonchev–Trinajstić information content (AvgIpc) is 3.37. The van der Waals surface area contributed by atoms with Gasteiger partial charge in [0.05, 0.1) is 0 Å². The third-order valence-electron chi connectivity index (χ3n) is 5.84. The number of aryl methyl sites for hydroxylation is 1. The molecule has 32 heavy (non-hydrogen) atoms. The molecule has 1 aliphatic heterocycles. The van der Waals surface area contributed by atoms with Gasteiger partial charge in [0.15, 0.2) is 5.96 Å². The van der Waals surface area contributed by atoms with Crippen molar-refractivity contribution >= 4 is 29.9 Å². The molecule has 2 N–H and O–H groups in total. The van der Waals surface area contributed by atoms with Crippen molar-refractivity contribution in [1.29, 1.82) is 0 Å². The molecule has 2 atom stereocenters. The lowest BCUT2D eigenvalue weighted by Gasteiger charge is -2.21. The highest BCUT2D eigenvalue weighted by Gasteiger charge is 2.29. The zero-order chi connectivity index (χ0) is 21.6. The predicted molar refractivity (Wildman–Crippen MR) is 140 cm³/mol. The van der Waals surface area contributed by atoms with E-state index in [0.717, 1.165) is 42.7 Å². The van der Waals surface area contributed by atoms with Crippen molar-refractivity contribution < 1.29 is 0 Å². The van der Waals surface area contributed by atoms with Crippen molar-refractivity contribution in [3.05, 3.63) is 78.0 Å². The van der Waals surface area contributed by atoms with Crippen molar-refractivity contribution in [1.82, 2.24) is 30.1 Å². The van der Waals surface area contributed by atoms with Gasteiger partial charge in [-0.2, -0.15) is 0 Å². The molecule has 3 aromatic rings. The van der Waals surface area contributed by atoms with Gasteiger partial charge >= 0.3 is 0 Å². The normalized spacial score (nSPS) is 18.9. The Hall–Kier alpha value is -2.46. The molecule has 7 nitrogen and oxygen atoms in total. The number of pyridine rings is 1. The van der Waals surface area contributed by atoms with E-state index < -0.39 is 0 Å². The van der Waals surface area contributed by atoms with Gasteiger partial charge in [0, 0.05) is 57.4 Å². The fourth-order valence-electron chi connectivity index (χ4n) is 4.10. The Morgan fingerprint density at radius 1 is 1.12 bits per heavy atom. The second-order valence-electron chi connectivity index (χ2n) is 8.14. The monoisotopic (exact) mass is 545 g/mol. The van der Waals surface area contributed by atoms with Gasteiger partial charge in [-0.25, -0.2) is 9.97 Å². The van der Waals surface area contributed by atoms with Crippen LogP contribution in [0.25, 0.3) is 5.82 Å². The maximum atomic E-state index is 4.56. The standard InChI is InChI=1S/C24H31N7.HI/c1-18-13-22(17-30(18)16-20-7-5-4-6-8-20)29-24(25-3)28-15-21-9-10-23(27-14-21)31-12-11-26-19(31)2;/h4-12,14,18,22H,13,15-17H2,1-3H3,(H2,25,28,29);1H. The van der Waals surface area contributed by atoms with Crippen molar-refractivity contribution in [2.45, 2.75) is 45.4 Å². The maximum Gasteiger partial charge on any atom is 0.191 e. The van der Waals surface area contributed by atoms with Gasteiger partial charge in [-0.3, -0.25) is 14.5 Å². The summed E-state index contributed by atoms with van der Waals surface area (Å²) >= 11 is 0. The highest BCUT2D eigenvalue weighted by atomic mass is 127. The van der Waals surface area contributed by atoms with E-state index in [0.29, 0.717) is 18.6 Å². The van der Waals surface area contributed by atoms with Crippen LogP contribution in [0.2, 0.25) is 0 Å². The van der Waals surface area contributed by atoms with E-state index in [4.69, 9.17) is 0 Å². The molecule has 0 spiro atoms. The lowest BCUT2D eigenvalue weighted by molar-refractivity contribution is 0.258. The van der Waals surface area contributed by atoms with Gasteiger partial charge in [0.25, 0.3) is 0 Å². The van der Waals surface area contributed by atoms with Crippen LogP contribution in [-0.2, 0) is 13.1 Å². The Morgan fingerprint density at radius 2 is 1.94 bits per heavy atom. The summed E-state index contributed by atoms with van der Waals surface area (Å²) in [5.41, 5.74) is 2.47. The van der Waals surface area contributed by atoms with E-state index >= 15 is 0 Å². The number of halogens is 1. The molecule has 0 amide bonds. The Morgan fingerprint density at radius 3 is 2.59 bits per heavy atom. The van der Waals surface area contributed by atoms with Crippen LogP contribution in [0.4, 0.5) is 0 Å². The third-order valence-corrected chi connectivity index (χ3v) is 5.84. The number of imidazole rings is 1. The van der Waals surface area contributed by atoms with Crippen molar-refractivity contribution in [3.8, 4) is 5.82 Å². The molecule has 0 radical (unpaired) electrons. The first-order chi connectivity index (χ1) is 15.1. The molecular formula is C24H32IN7. The van der Waals surface area contributed by atoms with Crippen LogP contribution >= 0.6 is 24.0 Å². The quantitative estimate of drug-likeness (QED) is 0.282. The van der Waals surface area contributed by atoms with Crippen molar-refractivity contribution in [2.75, 3.05) is 13.6 Å². The fourth-order valence-corrected chi connectivity index (χ4v) is 4.10. The van der Waals surface area contributed by atoms with Gasteiger partial charge in [-0.1, -0.05) is 36.4 Å². The first-order valence-electron chi connectivity index (χ1n) is 10.8. The first-order valence-corrected chi connectivity index (χ1v) is 10.8. The van der Waals surface area contributed by atoms with Gasteiger partial charge in [0.2, 0.25) is 0 Å². The molecule has 0 bridgehead atoms. The number of nitrogens with one attached hydrogen (secondary N) is 2. The second-order valence-corrected chi connectivity index (χ2v) is 8.14. The molecule has 0 saturated carbocycles.